The van der Waals surface area contributed by atoms with Crippen molar-refractivity contribution in [1.82, 2.24) is 9.97 Å². The van der Waals surface area contributed by atoms with Gasteiger partial charge in [0.25, 0.3) is 5.91 Å². The molecule has 8 heteroatoms. The van der Waals surface area contributed by atoms with Gasteiger partial charge in [-0.2, -0.15) is 0 Å². The lowest BCUT2D eigenvalue weighted by atomic mass is 10.00. The molecule has 146 valence electrons. The maximum Gasteiger partial charge on any atom is 0.257 e. The topological polar surface area (TPSA) is 58.1 Å². The minimum Gasteiger partial charge on any atom is -0.356 e. The van der Waals surface area contributed by atoms with Crippen molar-refractivity contribution in [3.05, 3.63) is 45.8 Å². The van der Waals surface area contributed by atoms with Gasteiger partial charge in [-0.3, -0.25) is 4.79 Å². The van der Waals surface area contributed by atoms with Gasteiger partial charge in [0.1, 0.15) is 22.8 Å². The van der Waals surface area contributed by atoms with E-state index >= 15 is 0 Å². The zero-order chi connectivity index (χ0) is 19.8. The number of nitrogens with zero attached hydrogens (tertiary/aromatic N) is 3. The Labute approximate surface area is 171 Å². The minimum atomic E-state index is -0.449. The van der Waals surface area contributed by atoms with Gasteiger partial charge in [0.2, 0.25) is 0 Å². The van der Waals surface area contributed by atoms with Crippen molar-refractivity contribution in [2.45, 2.75) is 26.7 Å². The molecule has 0 spiro atoms. The summed E-state index contributed by atoms with van der Waals surface area (Å²) in [7, 11) is 0. The molecule has 4 rings (SSSR count). The lowest BCUT2D eigenvalue weighted by Crippen LogP contribution is -2.35. The number of fused-ring (bicyclic) bond motifs is 1. The smallest absolute Gasteiger partial charge is 0.257 e. The van der Waals surface area contributed by atoms with E-state index in [9.17, 15) is 9.18 Å². The number of hydrogen-bond acceptors (Lipinski definition) is 5. The molecule has 1 aliphatic rings. The Morgan fingerprint density at radius 1 is 1.39 bits per heavy atom. The number of nitrogens with one attached hydrogen (secondary N) is 1. The van der Waals surface area contributed by atoms with Gasteiger partial charge in [0, 0.05) is 18.0 Å². The van der Waals surface area contributed by atoms with Crippen LogP contribution in [0.3, 0.4) is 0 Å². The lowest BCUT2D eigenvalue weighted by Gasteiger charge is -2.32. The average molecular weight is 419 g/mol. The van der Waals surface area contributed by atoms with E-state index < -0.39 is 5.82 Å². The molecule has 1 aromatic carbocycles. The summed E-state index contributed by atoms with van der Waals surface area (Å²) in [5, 5.41) is 3.74. The molecule has 0 aliphatic carbocycles. The van der Waals surface area contributed by atoms with Crippen LogP contribution in [0, 0.1) is 18.7 Å². The van der Waals surface area contributed by atoms with E-state index in [1.165, 1.54) is 36.0 Å². The van der Waals surface area contributed by atoms with Crippen LogP contribution < -0.4 is 10.2 Å². The van der Waals surface area contributed by atoms with Gasteiger partial charge in [0.05, 0.1) is 21.7 Å². The Kier molecular flexibility index (Phi) is 5.21. The molecule has 1 aliphatic heterocycles. The van der Waals surface area contributed by atoms with E-state index in [0.717, 1.165) is 40.4 Å². The van der Waals surface area contributed by atoms with Crippen molar-refractivity contribution in [2.75, 3.05) is 23.3 Å². The molecule has 1 N–H and O–H groups in total. The summed E-state index contributed by atoms with van der Waals surface area (Å²) in [6.45, 7) is 5.95. The molecule has 0 bridgehead atoms. The molecule has 1 amide bonds. The van der Waals surface area contributed by atoms with E-state index in [4.69, 9.17) is 11.6 Å². The number of piperidine rings is 1. The number of thiophene rings is 1. The van der Waals surface area contributed by atoms with Crippen LogP contribution >= 0.6 is 22.9 Å². The number of halogens is 2. The molecule has 28 heavy (non-hydrogen) atoms. The molecular weight excluding hydrogens is 399 g/mol. The lowest BCUT2D eigenvalue weighted by molar-refractivity contribution is 0.102. The van der Waals surface area contributed by atoms with Crippen LogP contribution in [0.15, 0.2) is 24.5 Å². The highest BCUT2D eigenvalue weighted by Gasteiger charge is 2.26. The van der Waals surface area contributed by atoms with Gasteiger partial charge in [-0.05, 0) is 43.9 Å². The molecule has 1 saturated heterocycles. The second kappa shape index (κ2) is 7.64. The standard InChI is InChI=1S/C20H20ClFN4OS/c1-11-4-3-7-26(9-11)18-17-16(12(2)28-20(17)24-10-23-18)19(27)25-15-6-5-13(22)8-14(15)21/h5-6,8,10-11H,3-4,7,9H2,1-2H3,(H,25,27). The van der Waals surface area contributed by atoms with Crippen LogP contribution in [0.1, 0.15) is 35.0 Å². The van der Waals surface area contributed by atoms with E-state index in [1.54, 1.807) is 6.33 Å². The predicted molar refractivity (Wildman–Crippen MR) is 112 cm³/mol. The van der Waals surface area contributed by atoms with Gasteiger partial charge in [0.15, 0.2) is 0 Å². The van der Waals surface area contributed by atoms with E-state index in [1.807, 2.05) is 6.92 Å². The second-order valence-electron chi connectivity index (χ2n) is 7.18. The number of amides is 1. The number of hydrogen-bond donors (Lipinski definition) is 1. The molecular formula is C20H20ClFN4OS. The number of rotatable bonds is 3. The quantitative estimate of drug-likeness (QED) is 0.628. The fraction of sp³-hybridized carbons (Fsp3) is 0.350. The number of aryl methyl sites for hydroxylation is 1. The normalized spacial score (nSPS) is 17.1. The average Bonchev–Trinajstić information content (AvgIpc) is 3.00. The molecule has 3 heterocycles. The highest BCUT2D eigenvalue weighted by Crippen LogP contribution is 2.37. The van der Waals surface area contributed by atoms with Crippen molar-refractivity contribution in [1.29, 1.82) is 0 Å². The van der Waals surface area contributed by atoms with Crippen molar-refractivity contribution in [3.8, 4) is 0 Å². The Balaban J connectivity index is 1.76. The Morgan fingerprint density at radius 2 is 2.21 bits per heavy atom. The number of aromatic nitrogens is 2. The second-order valence-corrected chi connectivity index (χ2v) is 8.79. The summed E-state index contributed by atoms with van der Waals surface area (Å²) in [5.41, 5.74) is 0.922. The Bertz CT molecular complexity index is 1050. The fourth-order valence-corrected chi connectivity index (χ4v) is 4.90. The van der Waals surface area contributed by atoms with Crippen LogP contribution in [-0.4, -0.2) is 29.0 Å². The largest absolute Gasteiger partial charge is 0.356 e. The van der Waals surface area contributed by atoms with Crippen LogP contribution in [0.5, 0.6) is 0 Å². The molecule has 0 saturated carbocycles. The maximum absolute atomic E-state index is 13.3. The SMILES string of the molecule is Cc1sc2ncnc(N3CCCC(C)C3)c2c1C(=O)Nc1ccc(F)cc1Cl. The van der Waals surface area contributed by atoms with E-state index in [-0.39, 0.29) is 10.9 Å². The van der Waals surface area contributed by atoms with Crippen molar-refractivity contribution < 1.29 is 9.18 Å². The zero-order valence-electron chi connectivity index (χ0n) is 15.6. The third-order valence-corrected chi connectivity index (χ3v) is 6.33. The molecule has 5 nitrogen and oxygen atoms in total. The summed E-state index contributed by atoms with van der Waals surface area (Å²) < 4.78 is 13.3. The highest BCUT2D eigenvalue weighted by atomic mass is 35.5. The summed E-state index contributed by atoms with van der Waals surface area (Å²) in [4.78, 5) is 25.9. The number of carbonyl (C=O) groups excluding carboxylic acids is 1. The number of benzene rings is 1. The van der Waals surface area contributed by atoms with Gasteiger partial charge in [-0.1, -0.05) is 18.5 Å². The van der Waals surface area contributed by atoms with Crippen LogP contribution in [0.2, 0.25) is 5.02 Å². The first kappa shape index (κ1) is 19.1. The highest BCUT2D eigenvalue weighted by molar-refractivity contribution is 7.19. The first-order valence-electron chi connectivity index (χ1n) is 9.19. The number of anilines is 2. The van der Waals surface area contributed by atoms with Gasteiger partial charge < -0.3 is 10.2 Å². The molecule has 1 fully saturated rings. The van der Waals surface area contributed by atoms with E-state index in [0.29, 0.717) is 17.2 Å². The third-order valence-electron chi connectivity index (χ3n) is 5.01. The molecule has 3 aromatic rings. The van der Waals surface area contributed by atoms with Gasteiger partial charge in [-0.15, -0.1) is 11.3 Å². The fourth-order valence-electron chi connectivity index (χ4n) is 3.70. The summed E-state index contributed by atoms with van der Waals surface area (Å²) in [6, 6.07) is 3.91. The van der Waals surface area contributed by atoms with Gasteiger partial charge in [-0.25, -0.2) is 14.4 Å². The Morgan fingerprint density at radius 3 is 2.96 bits per heavy atom. The summed E-state index contributed by atoms with van der Waals surface area (Å²) in [5.74, 6) is 0.637. The minimum absolute atomic E-state index is 0.159. The van der Waals surface area contributed by atoms with Crippen LogP contribution in [0.25, 0.3) is 10.2 Å². The monoisotopic (exact) mass is 418 g/mol. The van der Waals surface area contributed by atoms with Crippen molar-refractivity contribution >= 4 is 50.6 Å². The predicted octanol–water partition coefficient (Wildman–Crippen LogP) is 5.28. The van der Waals surface area contributed by atoms with Crippen molar-refractivity contribution in [2.24, 2.45) is 5.92 Å². The van der Waals surface area contributed by atoms with Crippen LogP contribution in [0.4, 0.5) is 15.9 Å². The summed E-state index contributed by atoms with van der Waals surface area (Å²) in [6.07, 6.45) is 3.86. The molecule has 0 radical (unpaired) electrons. The first-order valence-corrected chi connectivity index (χ1v) is 10.4. The third kappa shape index (κ3) is 3.56. The molecule has 1 atom stereocenters. The zero-order valence-corrected chi connectivity index (χ0v) is 17.2. The maximum atomic E-state index is 13.3. The van der Waals surface area contributed by atoms with Crippen molar-refractivity contribution in [3.63, 3.8) is 0 Å². The Hall–Kier alpha value is -2.25. The number of carbonyl (C=O) groups is 1. The first-order chi connectivity index (χ1) is 13.4. The van der Waals surface area contributed by atoms with Gasteiger partial charge >= 0.3 is 0 Å². The van der Waals surface area contributed by atoms with Crippen LogP contribution in [-0.2, 0) is 0 Å². The summed E-state index contributed by atoms with van der Waals surface area (Å²) >= 11 is 7.55. The van der Waals surface area contributed by atoms with E-state index in [2.05, 4.69) is 27.1 Å². The molecule has 2 aromatic heterocycles. The molecule has 1 unspecified atom stereocenters.